The fourth-order valence-electron chi connectivity index (χ4n) is 4.10. The fraction of sp³-hybridized carbons (Fsp3) is 0.455. The lowest BCUT2D eigenvalue weighted by Crippen LogP contribution is -2.34. The van der Waals surface area contributed by atoms with Gasteiger partial charge in [0.2, 0.25) is 0 Å². The molecule has 0 aliphatic heterocycles. The summed E-state index contributed by atoms with van der Waals surface area (Å²) < 4.78 is 18.5. The Bertz CT molecular complexity index is 762. The van der Waals surface area contributed by atoms with Gasteiger partial charge in [0.1, 0.15) is 0 Å². The molecule has 0 spiro atoms. The summed E-state index contributed by atoms with van der Waals surface area (Å²) in [5, 5.41) is 10.7. The number of hydrogen-bond donors (Lipinski definition) is 1. The predicted molar refractivity (Wildman–Crippen MR) is 105 cm³/mol. The summed E-state index contributed by atoms with van der Waals surface area (Å²) in [7, 11) is -1.35. The van der Waals surface area contributed by atoms with Crippen LogP contribution in [0.25, 0.3) is 0 Å². The highest BCUT2D eigenvalue weighted by Crippen LogP contribution is 2.45. The van der Waals surface area contributed by atoms with E-state index in [2.05, 4.69) is 26.8 Å². The Labute approximate surface area is 158 Å². The lowest BCUT2D eigenvalue weighted by atomic mass is 9.66. The van der Waals surface area contributed by atoms with Crippen LogP contribution >= 0.6 is 0 Å². The van der Waals surface area contributed by atoms with E-state index in [1.165, 1.54) is 5.57 Å². The van der Waals surface area contributed by atoms with Gasteiger partial charge in [0.25, 0.3) is 0 Å². The standard InChI is InChI=1S/C22H28O3S/c1-16-8-7-12-22(2,3)19(16)14-20(23)21(17-11-13-25-15-17)26(24)18-9-5-4-6-10-18/h4-6,8-11,13,15,19-21,23H,7,12,14H2,1-3H3. The molecule has 1 aromatic carbocycles. The van der Waals surface area contributed by atoms with Crippen LogP contribution in [0, 0.1) is 11.3 Å². The van der Waals surface area contributed by atoms with Crippen molar-refractivity contribution in [1.29, 1.82) is 0 Å². The minimum atomic E-state index is -1.35. The molecule has 3 rings (SSSR count). The fourth-order valence-corrected chi connectivity index (χ4v) is 5.60. The molecule has 0 bridgehead atoms. The molecule has 3 nitrogen and oxygen atoms in total. The van der Waals surface area contributed by atoms with Crippen LogP contribution in [0.1, 0.15) is 50.8 Å². The third kappa shape index (κ3) is 4.02. The van der Waals surface area contributed by atoms with Crippen molar-refractivity contribution in [3.63, 3.8) is 0 Å². The number of rotatable bonds is 6. The van der Waals surface area contributed by atoms with Gasteiger partial charge in [-0.25, -0.2) is 0 Å². The molecule has 1 aliphatic rings. The van der Waals surface area contributed by atoms with Gasteiger partial charge in [0.15, 0.2) is 0 Å². The predicted octanol–water partition coefficient (Wildman–Crippen LogP) is 5.26. The Balaban J connectivity index is 1.89. The van der Waals surface area contributed by atoms with E-state index in [4.69, 9.17) is 4.42 Å². The van der Waals surface area contributed by atoms with Crippen molar-refractivity contribution in [2.45, 2.75) is 56.3 Å². The van der Waals surface area contributed by atoms with Crippen LogP contribution < -0.4 is 0 Å². The topological polar surface area (TPSA) is 50.4 Å². The van der Waals surface area contributed by atoms with E-state index < -0.39 is 22.2 Å². The molecule has 140 valence electrons. The molecule has 0 saturated carbocycles. The van der Waals surface area contributed by atoms with Crippen molar-refractivity contribution in [2.75, 3.05) is 0 Å². The first-order valence-electron chi connectivity index (χ1n) is 9.22. The summed E-state index contributed by atoms with van der Waals surface area (Å²) in [4.78, 5) is 0.730. The van der Waals surface area contributed by atoms with Crippen LogP contribution in [-0.2, 0) is 10.8 Å². The first-order chi connectivity index (χ1) is 12.4. The Morgan fingerprint density at radius 1 is 1.27 bits per heavy atom. The molecular weight excluding hydrogens is 344 g/mol. The number of allylic oxidation sites excluding steroid dienone is 2. The normalized spacial score (nSPS) is 23.1. The SMILES string of the molecule is CC1=CCCC(C)(C)C1CC(O)C(c1ccoc1)S(=O)c1ccccc1. The highest BCUT2D eigenvalue weighted by atomic mass is 32.2. The summed E-state index contributed by atoms with van der Waals surface area (Å²) >= 11 is 0. The molecule has 2 aromatic rings. The second-order valence-electron chi connectivity index (χ2n) is 7.92. The lowest BCUT2D eigenvalue weighted by molar-refractivity contribution is 0.0986. The van der Waals surface area contributed by atoms with Gasteiger partial charge < -0.3 is 9.52 Å². The van der Waals surface area contributed by atoms with E-state index in [1.807, 2.05) is 36.4 Å². The van der Waals surface area contributed by atoms with Gasteiger partial charge in [0, 0.05) is 10.5 Å². The second kappa shape index (κ2) is 7.93. The smallest absolute Gasteiger partial charge is 0.0947 e. The Morgan fingerprint density at radius 3 is 2.62 bits per heavy atom. The molecule has 1 aromatic heterocycles. The highest BCUT2D eigenvalue weighted by molar-refractivity contribution is 7.85. The van der Waals surface area contributed by atoms with Gasteiger partial charge in [-0.15, -0.1) is 0 Å². The summed E-state index contributed by atoms with van der Waals surface area (Å²) in [6.45, 7) is 6.68. The maximum Gasteiger partial charge on any atom is 0.0947 e. The molecule has 0 radical (unpaired) electrons. The van der Waals surface area contributed by atoms with Crippen LogP contribution in [-0.4, -0.2) is 15.4 Å². The molecule has 1 N–H and O–H groups in total. The largest absolute Gasteiger partial charge is 0.472 e. The number of hydrogen-bond acceptors (Lipinski definition) is 3. The molecule has 0 fully saturated rings. The van der Waals surface area contributed by atoms with Gasteiger partial charge in [-0.05, 0) is 55.7 Å². The number of benzene rings is 1. The summed E-state index contributed by atoms with van der Waals surface area (Å²) in [5.41, 5.74) is 2.25. The quantitative estimate of drug-likeness (QED) is 0.704. The maximum absolute atomic E-state index is 13.3. The van der Waals surface area contributed by atoms with Crippen molar-refractivity contribution in [3.05, 3.63) is 66.1 Å². The van der Waals surface area contributed by atoms with Crippen molar-refractivity contribution in [3.8, 4) is 0 Å². The van der Waals surface area contributed by atoms with E-state index in [0.717, 1.165) is 23.3 Å². The second-order valence-corrected chi connectivity index (χ2v) is 9.49. The van der Waals surface area contributed by atoms with Gasteiger partial charge in [-0.2, -0.15) is 0 Å². The van der Waals surface area contributed by atoms with Crippen LogP contribution in [0.5, 0.6) is 0 Å². The molecule has 4 unspecified atom stereocenters. The van der Waals surface area contributed by atoms with E-state index >= 15 is 0 Å². The van der Waals surface area contributed by atoms with Crippen molar-refractivity contribution in [1.82, 2.24) is 0 Å². The molecule has 1 aliphatic carbocycles. The number of aliphatic hydroxyl groups is 1. The van der Waals surface area contributed by atoms with E-state index in [9.17, 15) is 9.32 Å². The zero-order valence-electron chi connectivity index (χ0n) is 15.7. The van der Waals surface area contributed by atoms with Crippen LogP contribution in [0.2, 0.25) is 0 Å². The zero-order chi connectivity index (χ0) is 18.7. The van der Waals surface area contributed by atoms with Gasteiger partial charge >= 0.3 is 0 Å². The Morgan fingerprint density at radius 2 is 2.00 bits per heavy atom. The van der Waals surface area contributed by atoms with Crippen molar-refractivity contribution < 1.29 is 13.7 Å². The average Bonchev–Trinajstić information content (AvgIpc) is 3.13. The van der Waals surface area contributed by atoms with Crippen LogP contribution in [0.15, 0.2) is 69.9 Å². The van der Waals surface area contributed by atoms with E-state index in [-0.39, 0.29) is 11.3 Å². The number of furan rings is 1. The van der Waals surface area contributed by atoms with Crippen molar-refractivity contribution in [2.24, 2.45) is 11.3 Å². The minimum Gasteiger partial charge on any atom is -0.472 e. The van der Waals surface area contributed by atoms with E-state index in [1.54, 1.807) is 12.5 Å². The van der Waals surface area contributed by atoms with Gasteiger partial charge in [-0.1, -0.05) is 43.7 Å². The monoisotopic (exact) mass is 372 g/mol. The van der Waals surface area contributed by atoms with E-state index in [0.29, 0.717) is 6.42 Å². The van der Waals surface area contributed by atoms with Gasteiger partial charge in [0.05, 0.1) is 34.7 Å². The third-order valence-corrected chi connectivity index (χ3v) is 7.44. The third-order valence-electron chi connectivity index (χ3n) is 5.65. The molecule has 0 amide bonds. The minimum absolute atomic E-state index is 0.134. The maximum atomic E-state index is 13.3. The Hall–Kier alpha value is -1.65. The zero-order valence-corrected chi connectivity index (χ0v) is 16.5. The van der Waals surface area contributed by atoms with Gasteiger partial charge in [-0.3, -0.25) is 4.21 Å². The molecule has 4 atom stereocenters. The molecular formula is C22H28O3S. The molecule has 1 heterocycles. The van der Waals surface area contributed by atoms with Crippen LogP contribution in [0.4, 0.5) is 0 Å². The summed E-state index contributed by atoms with van der Waals surface area (Å²) in [5.74, 6) is 0.286. The lowest BCUT2D eigenvalue weighted by Gasteiger charge is -2.40. The molecule has 4 heteroatoms. The first kappa shape index (κ1) is 19.1. The average molecular weight is 373 g/mol. The highest BCUT2D eigenvalue weighted by Gasteiger charge is 2.38. The van der Waals surface area contributed by atoms with Crippen molar-refractivity contribution >= 4 is 10.8 Å². The Kier molecular flexibility index (Phi) is 5.83. The summed E-state index contributed by atoms with van der Waals surface area (Å²) in [6.07, 6.45) is 7.55. The summed E-state index contributed by atoms with van der Waals surface area (Å²) in [6, 6.07) is 11.2. The van der Waals surface area contributed by atoms with Crippen LogP contribution in [0.3, 0.4) is 0 Å². The number of aliphatic hydroxyl groups excluding tert-OH is 1. The molecule has 0 saturated heterocycles. The first-order valence-corrected chi connectivity index (χ1v) is 10.4. The molecule has 26 heavy (non-hydrogen) atoms.